The van der Waals surface area contributed by atoms with Gasteiger partial charge >= 0.3 is 5.97 Å². The zero-order valence-electron chi connectivity index (χ0n) is 17.9. The van der Waals surface area contributed by atoms with Gasteiger partial charge < -0.3 is 14.4 Å². The number of carbonyl (C=O) groups is 1. The summed E-state index contributed by atoms with van der Waals surface area (Å²) >= 11 is 0. The van der Waals surface area contributed by atoms with Crippen LogP contribution in [0.15, 0.2) is 24.4 Å². The van der Waals surface area contributed by atoms with Crippen LogP contribution in [0.5, 0.6) is 0 Å². The standard InChI is InChI=1S/C24H32N2O3.ClH/c1-3-25-13-15-12-20-18(17-7-5-8-19(25)23(15)17)11-16(14-26(20)4-2)24(28)29-22-10-6-9-21(22)27;/h5,7-8,13,16,18,20-22,27H,3-4,6,9-12,14H2,1-2H3;1H/t16-,18-,20-,21?,22?;/m1./s1. The average molecular weight is 433 g/mol. The van der Waals surface area contributed by atoms with Crippen molar-refractivity contribution in [1.29, 1.82) is 0 Å². The Morgan fingerprint density at radius 1 is 1.23 bits per heavy atom. The fraction of sp³-hybridized carbons (Fsp3) is 0.625. The van der Waals surface area contributed by atoms with Crippen molar-refractivity contribution >= 4 is 29.3 Å². The molecule has 2 unspecified atom stereocenters. The molecule has 164 valence electrons. The van der Waals surface area contributed by atoms with Crippen LogP contribution >= 0.6 is 12.4 Å². The van der Waals surface area contributed by atoms with Crippen LogP contribution in [0.3, 0.4) is 0 Å². The maximum Gasteiger partial charge on any atom is 0.310 e. The highest BCUT2D eigenvalue weighted by molar-refractivity contribution is 5.89. The normalized spacial score (nSPS) is 30.7. The number of aliphatic hydroxyl groups is 1. The van der Waals surface area contributed by atoms with Crippen LogP contribution in [0.1, 0.15) is 56.6 Å². The first-order valence-electron chi connectivity index (χ1n) is 11.3. The number of nitrogens with zero attached hydrogens (tertiary/aromatic N) is 2. The second-order valence-electron chi connectivity index (χ2n) is 9.05. The third-order valence-corrected chi connectivity index (χ3v) is 7.54. The zero-order valence-corrected chi connectivity index (χ0v) is 18.7. The minimum Gasteiger partial charge on any atom is -0.459 e. The maximum absolute atomic E-state index is 13.0. The Balaban J connectivity index is 0.00000218. The highest BCUT2D eigenvalue weighted by atomic mass is 35.5. The minimum absolute atomic E-state index is 0. The van der Waals surface area contributed by atoms with E-state index >= 15 is 0 Å². The number of rotatable bonds is 4. The topological polar surface area (TPSA) is 54.7 Å². The average Bonchev–Trinajstić information content (AvgIpc) is 3.31. The molecule has 0 radical (unpaired) electrons. The molecule has 3 aliphatic rings. The van der Waals surface area contributed by atoms with E-state index in [2.05, 4.69) is 47.7 Å². The van der Waals surface area contributed by atoms with E-state index in [4.69, 9.17) is 4.74 Å². The Labute approximate surface area is 184 Å². The molecule has 1 N–H and O–H groups in total. The lowest BCUT2D eigenvalue weighted by atomic mass is 9.72. The summed E-state index contributed by atoms with van der Waals surface area (Å²) in [5.74, 6) is 0.129. The lowest BCUT2D eigenvalue weighted by Crippen LogP contribution is -2.51. The zero-order chi connectivity index (χ0) is 20.1. The molecule has 5 nitrogen and oxygen atoms in total. The molecule has 30 heavy (non-hydrogen) atoms. The summed E-state index contributed by atoms with van der Waals surface area (Å²) in [5, 5.41) is 11.5. The van der Waals surface area contributed by atoms with Crippen molar-refractivity contribution in [3.8, 4) is 0 Å². The summed E-state index contributed by atoms with van der Waals surface area (Å²) in [5.41, 5.74) is 4.17. The van der Waals surface area contributed by atoms with Crippen molar-refractivity contribution in [3.63, 3.8) is 0 Å². The Bertz CT molecular complexity index is 927. The molecule has 1 aliphatic heterocycles. The fourth-order valence-electron chi connectivity index (χ4n) is 6.06. The number of hydrogen-bond donors (Lipinski definition) is 1. The number of hydrogen-bond acceptors (Lipinski definition) is 4. The summed E-state index contributed by atoms with van der Waals surface area (Å²) < 4.78 is 8.14. The van der Waals surface area contributed by atoms with Crippen LogP contribution in [0.2, 0.25) is 0 Å². The molecule has 6 heteroatoms. The molecule has 0 amide bonds. The van der Waals surface area contributed by atoms with Crippen molar-refractivity contribution in [1.82, 2.24) is 9.47 Å². The molecule has 2 heterocycles. The van der Waals surface area contributed by atoms with Gasteiger partial charge in [-0.15, -0.1) is 12.4 Å². The molecule has 5 atom stereocenters. The molecule has 1 saturated carbocycles. The number of aromatic nitrogens is 1. The van der Waals surface area contributed by atoms with Gasteiger partial charge in [0.2, 0.25) is 0 Å². The number of piperidine rings is 1. The van der Waals surface area contributed by atoms with Crippen LogP contribution < -0.4 is 0 Å². The summed E-state index contributed by atoms with van der Waals surface area (Å²) in [7, 11) is 0. The highest BCUT2D eigenvalue weighted by Crippen LogP contribution is 2.45. The lowest BCUT2D eigenvalue weighted by Gasteiger charge is -2.46. The second-order valence-corrected chi connectivity index (χ2v) is 9.05. The van der Waals surface area contributed by atoms with Crippen molar-refractivity contribution in [2.75, 3.05) is 13.1 Å². The van der Waals surface area contributed by atoms with E-state index in [1.54, 1.807) is 0 Å². The van der Waals surface area contributed by atoms with Crippen molar-refractivity contribution in [2.24, 2.45) is 5.92 Å². The predicted octanol–water partition coefficient (Wildman–Crippen LogP) is 3.89. The van der Waals surface area contributed by atoms with Crippen molar-refractivity contribution in [3.05, 3.63) is 35.5 Å². The van der Waals surface area contributed by atoms with Crippen LogP contribution in [-0.4, -0.2) is 51.9 Å². The van der Waals surface area contributed by atoms with Gasteiger partial charge in [-0.1, -0.05) is 19.1 Å². The summed E-state index contributed by atoms with van der Waals surface area (Å²) in [4.78, 5) is 15.5. The minimum atomic E-state index is -0.489. The van der Waals surface area contributed by atoms with Gasteiger partial charge in [0.05, 0.1) is 12.0 Å². The fourth-order valence-corrected chi connectivity index (χ4v) is 6.06. The van der Waals surface area contributed by atoms with Crippen LogP contribution in [0, 0.1) is 5.92 Å². The second kappa shape index (κ2) is 8.52. The molecule has 1 saturated heterocycles. The first-order valence-corrected chi connectivity index (χ1v) is 11.3. The molecule has 2 aliphatic carbocycles. The summed E-state index contributed by atoms with van der Waals surface area (Å²) in [6, 6.07) is 7.11. The number of ether oxygens (including phenoxy) is 1. The summed E-state index contributed by atoms with van der Waals surface area (Å²) in [6.45, 7) is 7.07. The van der Waals surface area contributed by atoms with E-state index < -0.39 is 6.10 Å². The number of benzene rings is 1. The third kappa shape index (κ3) is 3.45. The molecule has 1 aromatic carbocycles. The Hall–Kier alpha value is -1.56. The number of likely N-dealkylation sites (N-methyl/N-ethyl adjacent to an activating group) is 1. The summed E-state index contributed by atoms with van der Waals surface area (Å²) in [6.07, 6.45) is 5.91. The van der Waals surface area contributed by atoms with Crippen molar-refractivity contribution in [2.45, 2.75) is 76.7 Å². The number of halogens is 1. The van der Waals surface area contributed by atoms with Crippen LogP contribution in [0.4, 0.5) is 0 Å². The molecular formula is C24H33ClN2O3. The maximum atomic E-state index is 13.0. The van der Waals surface area contributed by atoms with E-state index in [9.17, 15) is 9.90 Å². The number of aryl methyl sites for hydroxylation is 1. The van der Waals surface area contributed by atoms with Gasteiger partial charge in [-0.05, 0) is 62.8 Å². The highest BCUT2D eigenvalue weighted by Gasteiger charge is 2.43. The Kier molecular flexibility index (Phi) is 6.16. The van der Waals surface area contributed by atoms with Crippen LogP contribution in [0.25, 0.3) is 10.9 Å². The van der Waals surface area contributed by atoms with E-state index in [0.29, 0.717) is 12.0 Å². The van der Waals surface area contributed by atoms with Gasteiger partial charge in [-0.3, -0.25) is 9.69 Å². The van der Waals surface area contributed by atoms with E-state index in [-0.39, 0.29) is 30.4 Å². The molecule has 0 bridgehead atoms. The number of aliphatic hydroxyl groups excluding tert-OH is 1. The van der Waals surface area contributed by atoms with Gasteiger partial charge in [-0.25, -0.2) is 0 Å². The SMILES string of the molecule is CCN1C[C@H](C(=O)OC2CCCC2O)C[C@@H]2c3cccc4c3c(cn4CC)C[C@H]21.Cl. The van der Waals surface area contributed by atoms with E-state index in [1.807, 2.05) is 0 Å². The largest absolute Gasteiger partial charge is 0.459 e. The first kappa shape index (κ1) is 21.7. The predicted molar refractivity (Wildman–Crippen MR) is 120 cm³/mol. The van der Waals surface area contributed by atoms with Gasteiger partial charge in [0.1, 0.15) is 6.10 Å². The molecule has 2 fully saturated rings. The number of carbonyl (C=O) groups excluding carboxylic acids is 1. The van der Waals surface area contributed by atoms with Crippen molar-refractivity contribution < 1.29 is 14.6 Å². The lowest BCUT2D eigenvalue weighted by molar-refractivity contribution is -0.161. The molecule has 1 aromatic heterocycles. The molecular weight excluding hydrogens is 400 g/mol. The first-order chi connectivity index (χ1) is 14.1. The number of esters is 1. The Morgan fingerprint density at radius 3 is 2.77 bits per heavy atom. The quantitative estimate of drug-likeness (QED) is 0.744. The Morgan fingerprint density at radius 2 is 2.07 bits per heavy atom. The molecule has 0 spiro atoms. The van der Waals surface area contributed by atoms with Gasteiger partial charge in [0.15, 0.2) is 0 Å². The molecule has 5 rings (SSSR count). The van der Waals surface area contributed by atoms with E-state index in [1.165, 1.54) is 22.0 Å². The number of likely N-dealkylation sites (tertiary alicyclic amines) is 1. The van der Waals surface area contributed by atoms with Crippen LogP contribution in [-0.2, 0) is 22.5 Å². The van der Waals surface area contributed by atoms with Gasteiger partial charge in [0.25, 0.3) is 0 Å². The molecule has 2 aromatic rings. The smallest absolute Gasteiger partial charge is 0.310 e. The van der Waals surface area contributed by atoms with Gasteiger partial charge in [0, 0.05) is 42.1 Å². The van der Waals surface area contributed by atoms with Gasteiger partial charge in [-0.2, -0.15) is 0 Å². The monoisotopic (exact) mass is 432 g/mol. The third-order valence-electron chi connectivity index (χ3n) is 7.54. The van der Waals surface area contributed by atoms with E-state index in [0.717, 1.165) is 51.7 Å². The number of fused-ring (bicyclic) bond motifs is 2.